The SMILES string of the molecule is COc1cc(NC(=O)N2CCc3ccccc3C2)c(OC)cc1Cl. The highest BCUT2D eigenvalue weighted by Gasteiger charge is 2.21. The fraction of sp³-hybridized carbons (Fsp3) is 0.278. The predicted octanol–water partition coefficient (Wildman–Crippen LogP) is 3.95. The topological polar surface area (TPSA) is 50.8 Å². The lowest BCUT2D eigenvalue weighted by atomic mass is 10.0. The molecule has 1 heterocycles. The molecule has 0 aromatic heterocycles. The molecule has 1 aliphatic heterocycles. The van der Waals surface area contributed by atoms with E-state index in [1.807, 2.05) is 12.1 Å². The van der Waals surface area contributed by atoms with E-state index in [9.17, 15) is 4.79 Å². The molecule has 5 nitrogen and oxygen atoms in total. The fourth-order valence-electron chi connectivity index (χ4n) is 2.82. The Bertz CT molecular complexity index is 764. The maximum absolute atomic E-state index is 12.6. The first-order chi connectivity index (χ1) is 11.6. The summed E-state index contributed by atoms with van der Waals surface area (Å²) in [5.74, 6) is 0.975. The van der Waals surface area contributed by atoms with Crippen molar-refractivity contribution in [3.05, 3.63) is 52.5 Å². The van der Waals surface area contributed by atoms with Gasteiger partial charge in [0, 0.05) is 25.2 Å². The fourth-order valence-corrected chi connectivity index (χ4v) is 3.05. The summed E-state index contributed by atoms with van der Waals surface area (Å²) in [6, 6.07) is 11.3. The first-order valence-electron chi connectivity index (χ1n) is 7.66. The summed E-state index contributed by atoms with van der Waals surface area (Å²) in [7, 11) is 3.06. The second-order valence-corrected chi connectivity index (χ2v) is 5.96. The Morgan fingerprint density at radius 2 is 1.83 bits per heavy atom. The number of amides is 2. The third-order valence-corrected chi connectivity index (χ3v) is 4.43. The number of halogens is 1. The van der Waals surface area contributed by atoms with Crippen molar-refractivity contribution in [2.75, 3.05) is 26.1 Å². The van der Waals surface area contributed by atoms with Crippen molar-refractivity contribution in [1.82, 2.24) is 4.90 Å². The molecule has 0 aliphatic carbocycles. The third kappa shape index (κ3) is 3.26. The van der Waals surface area contributed by atoms with Crippen LogP contribution < -0.4 is 14.8 Å². The standard InChI is InChI=1S/C18H19ClN2O3/c1-23-16-10-15(17(24-2)9-14(16)19)20-18(22)21-8-7-12-5-3-4-6-13(12)11-21/h3-6,9-10H,7-8,11H2,1-2H3,(H,20,22). The largest absolute Gasteiger partial charge is 0.495 e. The third-order valence-electron chi connectivity index (χ3n) is 4.13. The van der Waals surface area contributed by atoms with Gasteiger partial charge in [0.05, 0.1) is 24.9 Å². The molecular weight excluding hydrogens is 328 g/mol. The van der Waals surface area contributed by atoms with Crippen LogP contribution in [0.25, 0.3) is 0 Å². The number of ether oxygens (including phenoxy) is 2. The molecule has 0 radical (unpaired) electrons. The number of hydrogen-bond donors (Lipinski definition) is 1. The first-order valence-corrected chi connectivity index (χ1v) is 8.04. The Hall–Kier alpha value is -2.40. The molecule has 0 unspecified atom stereocenters. The maximum Gasteiger partial charge on any atom is 0.322 e. The van der Waals surface area contributed by atoms with Crippen molar-refractivity contribution in [2.24, 2.45) is 0 Å². The van der Waals surface area contributed by atoms with Crippen LogP contribution >= 0.6 is 11.6 Å². The van der Waals surface area contributed by atoms with Gasteiger partial charge in [0.1, 0.15) is 11.5 Å². The smallest absolute Gasteiger partial charge is 0.322 e. The van der Waals surface area contributed by atoms with Gasteiger partial charge in [-0.2, -0.15) is 0 Å². The number of methoxy groups -OCH3 is 2. The quantitative estimate of drug-likeness (QED) is 0.915. The van der Waals surface area contributed by atoms with E-state index in [4.69, 9.17) is 21.1 Å². The zero-order valence-corrected chi connectivity index (χ0v) is 14.4. The van der Waals surface area contributed by atoms with Crippen LogP contribution in [0.3, 0.4) is 0 Å². The molecule has 0 spiro atoms. The zero-order chi connectivity index (χ0) is 17.1. The Morgan fingerprint density at radius 3 is 2.54 bits per heavy atom. The van der Waals surface area contributed by atoms with Crippen molar-refractivity contribution in [3.8, 4) is 11.5 Å². The molecule has 2 aromatic carbocycles. The van der Waals surface area contributed by atoms with Gasteiger partial charge in [0.2, 0.25) is 0 Å². The Balaban J connectivity index is 1.78. The van der Waals surface area contributed by atoms with E-state index < -0.39 is 0 Å². The summed E-state index contributed by atoms with van der Waals surface area (Å²) >= 11 is 6.09. The lowest BCUT2D eigenvalue weighted by molar-refractivity contribution is 0.206. The summed E-state index contributed by atoms with van der Waals surface area (Å²) in [5.41, 5.74) is 3.01. The molecule has 6 heteroatoms. The Labute approximate surface area is 146 Å². The summed E-state index contributed by atoms with van der Waals surface area (Å²) in [5, 5.41) is 3.32. The highest BCUT2D eigenvalue weighted by molar-refractivity contribution is 6.32. The highest BCUT2D eigenvalue weighted by atomic mass is 35.5. The molecule has 1 N–H and O–H groups in total. The minimum Gasteiger partial charge on any atom is -0.495 e. The van der Waals surface area contributed by atoms with Gasteiger partial charge in [0.15, 0.2) is 0 Å². The van der Waals surface area contributed by atoms with E-state index in [-0.39, 0.29) is 6.03 Å². The van der Waals surface area contributed by atoms with Crippen molar-refractivity contribution < 1.29 is 14.3 Å². The van der Waals surface area contributed by atoms with Gasteiger partial charge in [-0.1, -0.05) is 35.9 Å². The van der Waals surface area contributed by atoms with Gasteiger partial charge in [-0.05, 0) is 17.5 Å². The van der Waals surface area contributed by atoms with Crippen LogP contribution in [-0.4, -0.2) is 31.7 Å². The summed E-state index contributed by atoms with van der Waals surface area (Å²) in [6.45, 7) is 1.27. The van der Waals surface area contributed by atoms with E-state index in [1.54, 1.807) is 17.0 Å². The number of nitrogens with one attached hydrogen (secondary N) is 1. The molecule has 0 saturated carbocycles. The second kappa shape index (κ2) is 7.01. The van der Waals surface area contributed by atoms with Crippen molar-refractivity contribution in [2.45, 2.75) is 13.0 Å². The van der Waals surface area contributed by atoms with Crippen LogP contribution in [0.4, 0.5) is 10.5 Å². The summed E-state index contributed by atoms with van der Waals surface area (Å²) in [4.78, 5) is 14.4. The summed E-state index contributed by atoms with van der Waals surface area (Å²) in [6.07, 6.45) is 0.852. The Kier molecular flexibility index (Phi) is 4.81. The minimum atomic E-state index is -0.174. The molecule has 1 aliphatic rings. The highest BCUT2D eigenvalue weighted by Crippen LogP contribution is 2.36. The van der Waals surface area contributed by atoms with Gasteiger partial charge in [-0.3, -0.25) is 0 Å². The van der Waals surface area contributed by atoms with Crippen LogP contribution in [0, 0.1) is 0 Å². The van der Waals surface area contributed by atoms with E-state index in [0.29, 0.717) is 35.3 Å². The van der Waals surface area contributed by atoms with Crippen LogP contribution in [0.1, 0.15) is 11.1 Å². The molecule has 2 amide bonds. The van der Waals surface area contributed by atoms with Crippen molar-refractivity contribution >= 4 is 23.3 Å². The lowest BCUT2D eigenvalue weighted by Crippen LogP contribution is -2.38. The number of fused-ring (bicyclic) bond motifs is 1. The molecule has 0 fully saturated rings. The number of urea groups is 1. The average molecular weight is 347 g/mol. The van der Waals surface area contributed by atoms with Crippen LogP contribution in [0.15, 0.2) is 36.4 Å². The van der Waals surface area contributed by atoms with Crippen molar-refractivity contribution in [1.29, 1.82) is 0 Å². The maximum atomic E-state index is 12.6. The first kappa shape index (κ1) is 16.5. The molecule has 0 saturated heterocycles. The average Bonchev–Trinajstić information content (AvgIpc) is 2.62. The second-order valence-electron chi connectivity index (χ2n) is 5.56. The number of benzene rings is 2. The normalized spacial score (nSPS) is 13.2. The van der Waals surface area contributed by atoms with Gasteiger partial charge < -0.3 is 19.7 Å². The van der Waals surface area contributed by atoms with E-state index in [2.05, 4.69) is 17.4 Å². The number of rotatable bonds is 3. The van der Waals surface area contributed by atoms with E-state index >= 15 is 0 Å². The molecule has 0 bridgehead atoms. The van der Waals surface area contributed by atoms with Gasteiger partial charge in [0.25, 0.3) is 0 Å². The predicted molar refractivity (Wildman–Crippen MR) is 94.1 cm³/mol. The molecule has 24 heavy (non-hydrogen) atoms. The van der Waals surface area contributed by atoms with Crippen molar-refractivity contribution in [3.63, 3.8) is 0 Å². The molecule has 126 valence electrons. The van der Waals surface area contributed by atoms with Crippen LogP contribution in [0.5, 0.6) is 11.5 Å². The molecule has 0 atom stereocenters. The van der Waals surface area contributed by atoms with Gasteiger partial charge in [-0.15, -0.1) is 0 Å². The zero-order valence-electron chi connectivity index (χ0n) is 13.6. The van der Waals surface area contributed by atoms with E-state index in [1.165, 1.54) is 25.3 Å². The number of carbonyl (C=O) groups excluding carboxylic acids is 1. The molecule has 3 rings (SSSR count). The van der Waals surface area contributed by atoms with Gasteiger partial charge >= 0.3 is 6.03 Å². The van der Waals surface area contributed by atoms with Crippen LogP contribution in [0.2, 0.25) is 5.02 Å². The monoisotopic (exact) mass is 346 g/mol. The minimum absolute atomic E-state index is 0.174. The number of hydrogen-bond acceptors (Lipinski definition) is 3. The molecule has 2 aromatic rings. The lowest BCUT2D eigenvalue weighted by Gasteiger charge is -2.29. The van der Waals surface area contributed by atoms with E-state index in [0.717, 1.165) is 6.42 Å². The Morgan fingerprint density at radius 1 is 1.12 bits per heavy atom. The number of nitrogens with zero attached hydrogens (tertiary/aromatic N) is 1. The molecular formula is C18H19ClN2O3. The number of anilines is 1. The summed E-state index contributed by atoms with van der Waals surface area (Å²) < 4.78 is 10.5. The van der Waals surface area contributed by atoms with Crippen LogP contribution in [-0.2, 0) is 13.0 Å². The van der Waals surface area contributed by atoms with Gasteiger partial charge in [-0.25, -0.2) is 4.79 Å². The number of carbonyl (C=O) groups is 1.